The zero-order valence-electron chi connectivity index (χ0n) is 3.14. The molecule has 0 saturated carbocycles. The average molecular weight is 370 g/mol. The molecule has 0 bridgehead atoms. The molecule has 0 spiro atoms. The Morgan fingerprint density at radius 1 is 1.71 bits per heavy atom. The Balaban J connectivity index is -0.0000000800. The van der Waals surface area contributed by atoms with Gasteiger partial charge >= 0.3 is 42.5 Å². The van der Waals surface area contributed by atoms with Crippen LogP contribution in [0.15, 0.2) is 12.7 Å². The van der Waals surface area contributed by atoms with Crippen LogP contribution in [0, 0.1) is 0 Å². The van der Waals surface area contributed by atoms with E-state index >= 15 is 0 Å². The van der Waals surface area contributed by atoms with Crippen LogP contribution < -0.4 is 0 Å². The summed E-state index contributed by atoms with van der Waals surface area (Å²) in [5, 5.41) is 0. The molecule has 0 N–H and O–H groups in total. The molecule has 0 rings (SSSR count). The summed E-state index contributed by atoms with van der Waals surface area (Å²) in [6.45, 7) is 3.20. The molecular formula is C3H3AuCoNiO. The minimum absolute atomic E-state index is 0. The molecule has 0 heterocycles. The van der Waals surface area contributed by atoms with Crippen LogP contribution in [-0.4, -0.2) is 4.00 Å². The third kappa shape index (κ3) is 19.1. The molecular weight excluding hydrogens is 367 g/mol. The summed E-state index contributed by atoms with van der Waals surface area (Å²) in [6, 6.07) is 0. The molecule has 1 nitrogen and oxygen atoms in total. The standard InChI is InChI=1S/C3H3O.Au.Co.Ni/c1-2-3-4;;;/h2H,1H2;;;. The fourth-order valence-electron chi connectivity index (χ4n) is 0. The van der Waals surface area contributed by atoms with E-state index in [2.05, 4.69) is 6.58 Å². The van der Waals surface area contributed by atoms with Crippen LogP contribution in [0.5, 0.6) is 0 Å². The number of carbonyl (C=O) groups excluding carboxylic acids is 1. The Bertz CT molecular complexity index is 66.0. The minimum Gasteiger partial charge on any atom is 0 e. The van der Waals surface area contributed by atoms with Crippen molar-refractivity contribution in [3.8, 4) is 0 Å². The van der Waals surface area contributed by atoms with E-state index in [1.54, 1.807) is 21.1 Å². The first-order chi connectivity index (χ1) is 2.27. The van der Waals surface area contributed by atoms with Crippen LogP contribution in [0.2, 0.25) is 0 Å². The van der Waals surface area contributed by atoms with Crippen molar-refractivity contribution in [3.05, 3.63) is 12.7 Å². The van der Waals surface area contributed by atoms with Gasteiger partial charge in [-0.05, 0) is 0 Å². The molecule has 0 aliphatic carbocycles. The monoisotopic (exact) mass is 369 g/mol. The van der Waals surface area contributed by atoms with Crippen molar-refractivity contribution in [1.82, 2.24) is 0 Å². The molecule has 0 aromatic rings. The van der Waals surface area contributed by atoms with E-state index in [-0.39, 0.29) is 37.3 Å². The van der Waals surface area contributed by atoms with Crippen LogP contribution >= 0.6 is 0 Å². The van der Waals surface area contributed by atoms with Gasteiger partial charge in [-0.2, -0.15) is 0 Å². The zero-order valence-corrected chi connectivity index (χ0v) is 7.34. The van der Waals surface area contributed by atoms with Gasteiger partial charge in [0, 0.05) is 33.3 Å². The summed E-state index contributed by atoms with van der Waals surface area (Å²) in [4.78, 5) is 9.67. The average Bonchev–Trinajstić information content (AvgIpc) is 1.38. The normalized spacial score (nSPS) is 4.86. The summed E-state index contributed by atoms with van der Waals surface area (Å²) in [7, 11) is 0. The molecule has 7 heavy (non-hydrogen) atoms. The van der Waals surface area contributed by atoms with E-state index in [1.807, 2.05) is 0 Å². The first-order valence-corrected chi connectivity index (χ1v) is 2.14. The van der Waals surface area contributed by atoms with Gasteiger partial charge in [0.15, 0.2) is 0 Å². The van der Waals surface area contributed by atoms with Gasteiger partial charge in [-0.1, -0.05) is 0 Å². The SMILES string of the molecule is C=C[C](=O)[Au].[Co].[Ni]. The van der Waals surface area contributed by atoms with Gasteiger partial charge < -0.3 is 0 Å². The third-order valence-corrected chi connectivity index (χ3v) is 0.587. The van der Waals surface area contributed by atoms with Gasteiger partial charge in [-0.25, -0.2) is 0 Å². The van der Waals surface area contributed by atoms with Crippen molar-refractivity contribution < 1.29 is 59.1 Å². The number of allylic oxidation sites excluding steroid dienone is 1. The predicted octanol–water partition coefficient (Wildman–Crippen LogP) is 0.241. The molecule has 0 unspecified atom stereocenters. The molecule has 0 atom stereocenters. The summed E-state index contributed by atoms with van der Waals surface area (Å²) in [5.41, 5.74) is 0. The van der Waals surface area contributed by atoms with Crippen molar-refractivity contribution in [3.63, 3.8) is 0 Å². The predicted molar refractivity (Wildman–Crippen MR) is 15.2 cm³/mol. The van der Waals surface area contributed by atoms with Gasteiger partial charge in [0.1, 0.15) is 0 Å². The molecule has 0 saturated heterocycles. The van der Waals surface area contributed by atoms with Gasteiger partial charge in [0.25, 0.3) is 0 Å². The Kier molecular flexibility index (Phi) is 22.9. The van der Waals surface area contributed by atoms with Crippen LogP contribution in [0.1, 0.15) is 0 Å². The van der Waals surface area contributed by atoms with Gasteiger partial charge in [0.05, 0.1) is 0 Å². The summed E-state index contributed by atoms with van der Waals surface area (Å²) >= 11 is 1.81. The fourth-order valence-corrected chi connectivity index (χ4v) is 0. The minimum atomic E-state index is -0.0370. The van der Waals surface area contributed by atoms with Crippen LogP contribution in [0.4, 0.5) is 0 Å². The Labute approximate surface area is 75.3 Å². The first kappa shape index (κ1) is 15.7. The largest absolute Gasteiger partial charge is 0 e. The molecule has 0 amide bonds. The van der Waals surface area contributed by atoms with Gasteiger partial charge in [0.2, 0.25) is 0 Å². The summed E-state index contributed by atoms with van der Waals surface area (Å²) in [5.74, 6) is 0. The Hall–Kier alpha value is 1.15. The molecule has 4 heteroatoms. The van der Waals surface area contributed by atoms with E-state index in [0.29, 0.717) is 0 Å². The molecule has 0 fully saturated rings. The van der Waals surface area contributed by atoms with Crippen LogP contribution in [0.25, 0.3) is 0 Å². The fraction of sp³-hybridized carbons (Fsp3) is 0. The molecule has 1 radical (unpaired) electrons. The van der Waals surface area contributed by atoms with Crippen molar-refractivity contribution >= 4 is 4.00 Å². The number of rotatable bonds is 1. The number of carbonyl (C=O) groups is 1. The molecule has 51 valence electrons. The van der Waals surface area contributed by atoms with Crippen molar-refractivity contribution in [2.75, 3.05) is 0 Å². The van der Waals surface area contributed by atoms with Gasteiger partial charge in [-0.15, -0.1) is 0 Å². The second kappa shape index (κ2) is 10.2. The molecule has 0 aliphatic heterocycles. The zero-order chi connectivity index (χ0) is 4.28. The summed E-state index contributed by atoms with van der Waals surface area (Å²) in [6.07, 6.45) is 1.25. The molecule has 0 aromatic carbocycles. The third-order valence-electron chi connectivity index (χ3n) is 0.145. The van der Waals surface area contributed by atoms with Crippen molar-refractivity contribution in [2.24, 2.45) is 0 Å². The molecule has 0 aliphatic rings. The first-order valence-electron chi connectivity index (χ1n) is 1.05. The van der Waals surface area contributed by atoms with E-state index in [1.165, 1.54) is 6.08 Å². The van der Waals surface area contributed by atoms with E-state index in [4.69, 9.17) is 0 Å². The van der Waals surface area contributed by atoms with E-state index < -0.39 is 0 Å². The van der Waals surface area contributed by atoms with E-state index in [0.717, 1.165) is 0 Å². The van der Waals surface area contributed by atoms with Crippen LogP contribution in [-0.2, 0) is 59.1 Å². The second-order valence-electron chi connectivity index (χ2n) is 0.471. The quantitative estimate of drug-likeness (QED) is 0.478. The topological polar surface area (TPSA) is 17.1 Å². The van der Waals surface area contributed by atoms with Gasteiger partial charge in [-0.3, -0.25) is 0 Å². The van der Waals surface area contributed by atoms with Crippen LogP contribution in [0.3, 0.4) is 0 Å². The summed E-state index contributed by atoms with van der Waals surface area (Å²) < 4.78 is -0.0370. The number of hydrogen-bond acceptors (Lipinski definition) is 1. The Morgan fingerprint density at radius 2 is 1.86 bits per heavy atom. The number of hydrogen-bond donors (Lipinski definition) is 0. The Morgan fingerprint density at radius 3 is 1.86 bits per heavy atom. The van der Waals surface area contributed by atoms with E-state index in [9.17, 15) is 4.79 Å². The smallest absolute Gasteiger partial charge is 0 e. The van der Waals surface area contributed by atoms with Crippen molar-refractivity contribution in [1.29, 1.82) is 0 Å². The van der Waals surface area contributed by atoms with Crippen molar-refractivity contribution in [2.45, 2.75) is 0 Å². The maximum absolute atomic E-state index is 9.67. The molecule has 0 aromatic heterocycles. The second-order valence-corrected chi connectivity index (χ2v) is 1.54. The maximum Gasteiger partial charge on any atom is 0 e. The maximum atomic E-state index is 9.67.